The maximum Gasteiger partial charge on any atom is 0.233 e. The molecule has 0 aromatic rings. The molecule has 3 N–H and O–H groups in total. The normalized spacial score (nSPS) is 10.6. The first-order valence-electron chi connectivity index (χ1n) is 5.38. The zero-order chi connectivity index (χ0) is 10.8. The number of nitrogens with two attached hydrogens (primary N) is 1. The summed E-state index contributed by atoms with van der Waals surface area (Å²) in [6, 6.07) is 0. The number of hydrazine groups is 1. The van der Waals surface area contributed by atoms with Gasteiger partial charge in [-0.05, 0) is 39.4 Å². The molecule has 0 bridgehead atoms. The Morgan fingerprint density at radius 1 is 1.29 bits per heavy atom. The quantitative estimate of drug-likeness (QED) is 0.265. The van der Waals surface area contributed by atoms with Crippen molar-refractivity contribution in [1.29, 1.82) is 0 Å². The van der Waals surface area contributed by atoms with Gasteiger partial charge in [-0.2, -0.15) is 0 Å². The Hall–Kier alpha value is -0.610. The lowest BCUT2D eigenvalue weighted by Gasteiger charge is -2.15. The topological polar surface area (TPSA) is 58.4 Å². The van der Waals surface area contributed by atoms with Crippen LogP contribution >= 0.6 is 0 Å². The number of carbonyl (C=O) groups excluding carboxylic acids is 1. The summed E-state index contributed by atoms with van der Waals surface area (Å²) in [4.78, 5) is 13.1. The summed E-state index contributed by atoms with van der Waals surface area (Å²) in [5.74, 6) is 4.90. The predicted octanol–water partition coefficient (Wildman–Crippen LogP) is 0.879. The van der Waals surface area contributed by atoms with Gasteiger partial charge in [0.05, 0.1) is 0 Å². The largest absolute Gasteiger partial charge is 0.306 e. The standard InChI is InChI=1S/C10H23N3O/c1-3-4-8-13(2)9-6-5-7-10(14)12-11/h3-9,11H2,1-2H3,(H,12,14). The fraction of sp³-hybridized carbons (Fsp3) is 0.900. The summed E-state index contributed by atoms with van der Waals surface area (Å²) >= 11 is 0. The summed E-state index contributed by atoms with van der Waals surface area (Å²) in [6.07, 6.45) is 5.00. The number of nitrogens with zero attached hydrogens (tertiary/aromatic N) is 1. The van der Waals surface area contributed by atoms with Crippen LogP contribution in [0.2, 0.25) is 0 Å². The zero-order valence-corrected chi connectivity index (χ0v) is 9.38. The number of carbonyl (C=O) groups is 1. The third-order valence-electron chi connectivity index (χ3n) is 2.25. The molecule has 0 radical (unpaired) electrons. The van der Waals surface area contributed by atoms with Gasteiger partial charge in [0.15, 0.2) is 0 Å². The minimum atomic E-state index is -0.0683. The SMILES string of the molecule is CCCCN(C)CCCCC(=O)NN. The first kappa shape index (κ1) is 13.4. The van der Waals surface area contributed by atoms with Crippen molar-refractivity contribution >= 4 is 5.91 Å². The molecule has 4 heteroatoms. The Balaban J connectivity index is 3.22. The molecule has 0 rings (SSSR count). The lowest BCUT2D eigenvalue weighted by molar-refractivity contribution is -0.121. The smallest absolute Gasteiger partial charge is 0.233 e. The lowest BCUT2D eigenvalue weighted by atomic mass is 10.2. The van der Waals surface area contributed by atoms with E-state index in [9.17, 15) is 4.79 Å². The van der Waals surface area contributed by atoms with Gasteiger partial charge in [0.1, 0.15) is 0 Å². The molecule has 0 fully saturated rings. The van der Waals surface area contributed by atoms with Crippen molar-refractivity contribution in [1.82, 2.24) is 10.3 Å². The van der Waals surface area contributed by atoms with E-state index in [4.69, 9.17) is 5.84 Å². The maximum absolute atomic E-state index is 10.8. The molecule has 0 aromatic carbocycles. The summed E-state index contributed by atoms with van der Waals surface area (Å²) in [5, 5.41) is 0. The van der Waals surface area contributed by atoms with Crippen LogP contribution in [0.4, 0.5) is 0 Å². The zero-order valence-electron chi connectivity index (χ0n) is 9.38. The highest BCUT2D eigenvalue weighted by atomic mass is 16.2. The van der Waals surface area contributed by atoms with Crippen LogP contribution in [0, 0.1) is 0 Å². The molecule has 0 saturated carbocycles. The molecule has 0 aliphatic heterocycles. The Kier molecular flexibility index (Phi) is 8.57. The van der Waals surface area contributed by atoms with E-state index >= 15 is 0 Å². The van der Waals surface area contributed by atoms with Crippen molar-refractivity contribution < 1.29 is 4.79 Å². The van der Waals surface area contributed by atoms with Crippen LogP contribution < -0.4 is 11.3 Å². The van der Waals surface area contributed by atoms with E-state index in [0.717, 1.165) is 25.9 Å². The molecule has 0 aliphatic rings. The van der Waals surface area contributed by atoms with Crippen molar-refractivity contribution in [3.63, 3.8) is 0 Å². The molecule has 1 amide bonds. The van der Waals surface area contributed by atoms with Crippen molar-refractivity contribution in [3.8, 4) is 0 Å². The van der Waals surface area contributed by atoms with Crippen LogP contribution in [0.15, 0.2) is 0 Å². The van der Waals surface area contributed by atoms with Crippen LogP contribution in [0.5, 0.6) is 0 Å². The molecule has 4 nitrogen and oxygen atoms in total. The van der Waals surface area contributed by atoms with Crippen LogP contribution in [-0.2, 0) is 4.79 Å². The number of nitrogens with one attached hydrogen (secondary N) is 1. The Morgan fingerprint density at radius 2 is 1.93 bits per heavy atom. The molecular weight excluding hydrogens is 178 g/mol. The predicted molar refractivity (Wildman–Crippen MR) is 58.6 cm³/mol. The molecule has 0 saturated heterocycles. The van der Waals surface area contributed by atoms with Crippen molar-refractivity contribution in [2.75, 3.05) is 20.1 Å². The first-order valence-corrected chi connectivity index (χ1v) is 5.38. The molecule has 0 atom stereocenters. The molecule has 0 heterocycles. The molecule has 0 spiro atoms. The second-order valence-corrected chi connectivity index (χ2v) is 3.68. The Morgan fingerprint density at radius 3 is 2.50 bits per heavy atom. The summed E-state index contributed by atoms with van der Waals surface area (Å²) < 4.78 is 0. The van der Waals surface area contributed by atoms with Gasteiger partial charge in [0.2, 0.25) is 5.91 Å². The third-order valence-corrected chi connectivity index (χ3v) is 2.25. The fourth-order valence-corrected chi connectivity index (χ4v) is 1.28. The number of hydrogen-bond acceptors (Lipinski definition) is 3. The first-order chi connectivity index (χ1) is 6.70. The van der Waals surface area contributed by atoms with Crippen LogP contribution in [0.1, 0.15) is 39.0 Å². The van der Waals surface area contributed by atoms with Crippen LogP contribution in [0.3, 0.4) is 0 Å². The highest BCUT2D eigenvalue weighted by Gasteiger charge is 2.00. The monoisotopic (exact) mass is 201 g/mol. The van der Waals surface area contributed by atoms with E-state index < -0.39 is 0 Å². The Bertz CT molecular complexity index is 150. The fourth-order valence-electron chi connectivity index (χ4n) is 1.28. The van der Waals surface area contributed by atoms with E-state index in [1.807, 2.05) is 0 Å². The highest BCUT2D eigenvalue weighted by Crippen LogP contribution is 1.98. The molecule has 0 unspecified atom stereocenters. The lowest BCUT2D eigenvalue weighted by Crippen LogP contribution is -2.30. The van der Waals surface area contributed by atoms with E-state index in [1.165, 1.54) is 12.8 Å². The van der Waals surface area contributed by atoms with Crippen LogP contribution in [0.25, 0.3) is 0 Å². The number of rotatable bonds is 8. The van der Waals surface area contributed by atoms with Crippen LogP contribution in [-0.4, -0.2) is 30.9 Å². The van der Waals surface area contributed by atoms with E-state index in [-0.39, 0.29) is 5.91 Å². The minimum absolute atomic E-state index is 0.0683. The minimum Gasteiger partial charge on any atom is -0.306 e. The average molecular weight is 201 g/mol. The highest BCUT2D eigenvalue weighted by molar-refractivity contribution is 5.74. The summed E-state index contributed by atoms with van der Waals surface area (Å²) in [7, 11) is 2.12. The van der Waals surface area contributed by atoms with Gasteiger partial charge in [0.25, 0.3) is 0 Å². The van der Waals surface area contributed by atoms with Gasteiger partial charge in [-0.1, -0.05) is 13.3 Å². The molecule has 14 heavy (non-hydrogen) atoms. The average Bonchev–Trinajstić information content (AvgIpc) is 2.21. The van der Waals surface area contributed by atoms with E-state index in [2.05, 4.69) is 24.3 Å². The number of unbranched alkanes of at least 4 members (excludes halogenated alkanes) is 2. The van der Waals surface area contributed by atoms with Crippen molar-refractivity contribution in [3.05, 3.63) is 0 Å². The van der Waals surface area contributed by atoms with Crippen molar-refractivity contribution in [2.45, 2.75) is 39.0 Å². The number of hydrogen-bond donors (Lipinski definition) is 2. The van der Waals surface area contributed by atoms with E-state index in [1.54, 1.807) is 0 Å². The van der Waals surface area contributed by atoms with Gasteiger partial charge in [-0.3, -0.25) is 10.2 Å². The molecular formula is C10H23N3O. The van der Waals surface area contributed by atoms with Gasteiger partial charge in [0, 0.05) is 6.42 Å². The van der Waals surface area contributed by atoms with Gasteiger partial charge >= 0.3 is 0 Å². The summed E-state index contributed by atoms with van der Waals surface area (Å²) in [5.41, 5.74) is 2.13. The molecule has 0 aliphatic carbocycles. The van der Waals surface area contributed by atoms with Crippen molar-refractivity contribution in [2.24, 2.45) is 5.84 Å². The second kappa shape index (κ2) is 8.97. The summed E-state index contributed by atoms with van der Waals surface area (Å²) in [6.45, 7) is 4.41. The van der Waals surface area contributed by atoms with E-state index in [0.29, 0.717) is 6.42 Å². The van der Waals surface area contributed by atoms with Gasteiger partial charge < -0.3 is 4.90 Å². The third kappa shape index (κ3) is 8.01. The maximum atomic E-state index is 10.8. The van der Waals surface area contributed by atoms with Gasteiger partial charge in [-0.15, -0.1) is 0 Å². The molecule has 84 valence electrons. The van der Waals surface area contributed by atoms with Gasteiger partial charge in [-0.25, -0.2) is 5.84 Å². The molecule has 0 aromatic heterocycles. The number of amides is 1. The Labute approximate surface area is 86.8 Å². The second-order valence-electron chi connectivity index (χ2n) is 3.68.